The maximum Gasteiger partial charge on any atom is 0.268 e. The number of nitrogens with zero attached hydrogens (tertiary/aromatic N) is 2. The molecular weight excluding hydrogens is 300 g/mol. The molecule has 2 aromatic rings. The van der Waals surface area contributed by atoms with Crippen LogP contribution in [0.1, 0.15) is 5.56 Å². The molecule has 0 spiro atoms. The summed E-state index contributed by atoms with van der Waals surface area (Å²) in [5.74, 6) is 0.366. The van der Waals surface area contributed by atoms with E-state index in [-0.39, 0.29) is 27.2 Å². The zero-order chi connectivity index (χ0) is 13.1. The highest BCUT2D eigenvalue weighted by molar-refractivity contribution is 9.10. The van der Waals surface area contributed by atoms with Crippen molar-refractivity contribution in [2.75, 3.05) is 5.73 Å². The molecule has 1 heterocycles. The van der Waals surface area contributed by atoms with Gasteiger partial charge in [0.2, 0.25) is 5.88 Å². The summed E-state index contributed by atoms with van der Waals surface area (Å²) < 4.78 is 5.57. The lowest BCUT2D eigenvalue weighted by Gasteiger charge is -2.07. The topological polar surface area (TPSA) is 105 Å². The summed E-state index contributed by atoms with van der Waals surface area (Å²) in [5, 5.41) is 8.96. The van der Waals surface area contributed by atoms with Crippen LogP contribution in [0, 0.1) is 11.3 Å². The van der Waals surface area contributed by atoms with Crippen LogP contribution in [0.25, 0.3) is 0 Å². The van der Waals surface area contributed by atoms with Gasteiger partial charge in [0.05, 0.1) is 11.9 Å². The number of nitrogens with two attached hydrogens (primary N) is 1. The van der Waals surface area contributed by atoms with Gasteiger partial charge in [-0.2, -0.15) is 5.26 Å². The van der Waals surface area contributed by atoms with E-state index in [0.717, 1.165) is 0 Å². The minimum absolute atomic E-state index is 0.0834. The van der Waals surface area contributed by atoms with E-state index in [4.69, 9.17) is 15.7 Å². The molecule has 0 aliphatic rings. The van der Waals surface area contributed by atoms with E-state index in [0.29, 0.717) is 5.69 Å². The average molecular weight is 307 g/mol. The molecule has 1 aromatic heterocycles. The molecule has 2 rings (SSSR count). The van der Waals surface area contributed by atoms with Crippen LogP contribution < -0.4 is 16.0 Å². The molecule has 0 radical (unpaired) electrons. The van der Waals surface area contributed by atoms with E-state index in [1.807, 2.05) is 6.07 Å². The number of aromatic nitrogens is 2. The van der Waals surface area contributed by atoms with E-state index >= 15 is 0 Å². The number of nitrogen functional groups attached to an aromatic ring is 1. The molecule has 0 fully saturated rings. The van der Waals surface area contributed by atoms with Crippen LogP contribution in [0.15, 0.2) is 33.8 Å². The standard InChI is InChI=1S/C11H7BrN4O2/c12-9-10(17)15-5-16-11(9)18-8-2-1-7(14)3-6(8)4-13/h1-3,5H,14H2,(H,15,16,17). The highest BCUT2D eigenvalue weighted by Gasteiger charge is 2.11. The van der Waals surface area contributed by atoms with Crippen LogP contribution in [0.2, 0.25) is 0 Å². The first-order valence-corrected chi connectivity index (χ1v) is 5.62. The molecule has 0 saturated carbocycles. The van der Waals surface area contributed by atoms with Crippen LogP contribution in [-0.4, -0.2) is 9.97 Å². The molecule has 0 aliphatic heterocycles. The van der Waals surface area contributed by atoms with Crippen molar-refractivity contribution in [2.24, 2.45) is 0 Å². The minimum Gasteiger partial charge on any atom is -0.436 e. The largest absolute Gasteiger partial charge is 0.436 e. The second-order valence-electron chi connectivity index (χ2n) is 3.32. The molecule has 0 bridgehead atoms. The van der Waals surface area contributed by atoms with Crippen molar-refractivity contribution in [3.05, 3.63) is 44.9 Å². The minimum atomic E-state index is -0.367. The number of halogens is 1. The van der Waals surface area contributed by atoms with E-state index in [1.54, 1.807) is 12.1 Å². The molecule has 0 unspecified atom stereocenters. The summed E-state index contributed by atoms with van der Waals surface area (Å²) >= 11 is 3.06. The number of rotatable bonds is 2. The molecule has 3 N–H and O–H groups in total. The van der Waals surface area contributed by atoms with Crippen LogP contribution in [-0.2, 0) is 0 Å². The average Bonchev–Trinajstić information content (AvgIpc) is 2.37. The first-order valence-electron chi connectivity index (χ1n) is 4.82. The first-order chi connectivity index (χ1) is 8.61. The van der Waals surface area contributed by atoms with E-state index in [2.05, 4.69) is 25.9 Å². The first kappa shape index (κ1) is 12.1. The molecule has 7 heteroatoms. The quantitative estimate of drug-likeness (QED) is 0.823. The van der Waals surface area contributed by atoms with Crippen molar-refractivity contribution in [2.45, 2.75) is 0 Å². The molecule has 1 aromatic carbocycles. The fraction of sp³-hybridized carbons (Fsp3) is 0. The summed E-state index contributed by atoms with van der Waals surface area (Å²) in [6.07, 6.45) is 1.21. The molecule has 0 atom stereocenters. The Kier molecular flexibility index (Phi) is 3.30. The Morgan fingerprint density at radius 3 is 3.00 bits per heavy atom. The van der Waals surface area contributed by atoms with Crippen molar-refractivity contribution in [3.63, 3.8) is 0 Å². The maximum atomic E-state index is 11.3. The SMILES string of the molecule is N#Cc1cc(N)ccc1Oc1nc[nH]c(=O)c1Br. The Bertz CT molecular complexity index is 690. The monoisotopic (exact) mass is 306 g/mol. The van der Waals surface area contributed by atoms with Gasteiger partial charge in [0.15, 0.2) is 0 Å². The number of anilines is 1. The zero-order valence-electron chi connectivity index (χ0n) is 8.98. The summed E-state index contributed by atoms with van der Waals surface area (Å²) in [7, 11) is 0. The molecule has 0 aliphatic carbocycles. The number of ether oxygens (including phenoxy) is 1. The summed E-state index contributed by atoms with van der Waals surface area (Å²) in [4.78, 5) is 17.6. The number of aromatic amines is 1. The van der Waals surface area contributed by atoms with Gasteiger partial charge in [0, 0.05) is 5.69 Å². The van der Waals surface area contributed by atoms with Gasteiger partial charge in [-0.25, -0.2) is 4.98 Å². The Labute approximate surface area is 110 Å². The summed E-state index contributed by atoms with van der Waals surface area (Å²) in [6.45, 7) is 0. The van der Waals surface area contributed by atoms with Gasteiger partial charge in [-0.05, 0) is 34.1 Å². The van der Waals surface area contributed by atoms with E-state index in [9.17, 15) is 4.79 Å². The highest BCUT2D eigenvalue weighted by Crippen LogP contribution is 2.28. The Hall–Kier alpha value is -2.33. The van der Waals surface area contributed by atoms with Gasteiger partial charge in [-0.15, -0.1) is 0 Å². The highest BCUT2D eigenvalue weighted by atomic mass is 79.9. The van der Waals surface area contributed by atoms with Crippen LogP contribution >= 0.6 is 15.9 Å². The van der Waals surface area contributed by atoms with Gasteiger partial charge in [0.1, 0.15) is 16.3 Å². The van der Waals surface area contributed by atoms with Crippen molar-refractivity contribution in [3.8, 4) is 17.7 Å². The van der Waals surface area contributed by atoms with Crippen molar-refractivity contribution in [1.29, 1.82) is 5.26 Å². The van der Waals surface area contributed by atoms with Crippen LogP contribution in [0.5, 0.6) is 11.6 Å². The molecule has 6 nitrogen and oxygen atoms in total. The van der Waals surface area contributed by atoms with Gasteiger partial charge < -0.3 is 15.5 Å². The normalized spacial score (nSPS) is 9.78. The van der Waals surface area contributed by atoms with Crippen LogP contribution in [0.3, 0.4) is 0 Å². The molecular formula is C11H7BrN4O2. The number of hydrogen-bond acceptors (Lipinski definition) is 5. The zero-order valence-corrected chi connectivity index (χ0v) is 10.6. The third kappa shape index (κ3) is 2.33. The van der Waals surface area contributed by atoms with Gasteiger partial charge in [0.25, 0.3) is 5.56 Å². The van der Waals surface area contributed by atoms with Crippen molar-refractivity contribution < 1.29 is 4.74 Å². The van der Waals surface area contributed by atoms with Crippen molar-refractivity contribution in [1.82, 2.24) is 9.97 Å². The van der Waals surface area contributed by atoms with E-state index < -0.39 is 0 Å². The molecule has 90 valence electrons. The van der Waals surface area contributed by atoms with Crippen molar-refractivity contribution >= 4 is 21.6 Å². The lowest BCUT2D eigenvalue weighted by molar-refractivity contribution is 0.455. The number of benzene rings is 1. The van der Waals surface area contributed by atoms with Crippen LogP contribution in [0.4, 0.5) is 5.69 Å². The smallest absolute Gasteiger partial charge is 0.268 e. The molecule has 18 heavy (non-hydrogen) atoms. The third-order valence-corrected chi connectivity index (χ3v) is 2.79. The number of H-pyrrole nitrogens is 1. The third-order valence-electron chi connectivity index (χ3n) is 2.10. The van der Waals surface area contributed by atoms with Gasteiger partial charge in [-0.3, -0.25) is 4.79 Å². The predicted octanol–water partition coefficient (Wildman–Crippen LogP) is 1.78. The number of hydrogen-bond donors (Lipinski definition) is 2. The van der Waals surface area contributed by atoms with Gasteiger partial charge >= 0.3 is 0 Å². The Morgan fingerprint density at radius 1 is 1.50 bits per heavy atom. The Morgan fingerprint density at radius 2 is 2.28 bits per heavy atom. The molecule has 0 saturated heterocycles. The second-order valence-corrected chi connectivity index (χ2v) is 4.11. The molecule has 0 amide bonds. The number of nitriles is 1. The summed E-state index contributed by atoms with van der Waals surface area (Å²) in [6, 6.07) is 6.58. The maximum absolute atomic E-state index is 11.3. The summed E-state index contributed by atoms with van der Waals surface area (Å²) in [5.41, 5.74) is 5.92. The Balaban J connectivity index is 2.44. The fourth-order valence-corrected chi connectivity index (χ4v) is 1.56. The lowest BCUT2D eigenvalue weighted by atomic mass is 10.2. The predicted molar refractivity (Wildman–Crippen MR) is 68.2 cm³/mol. The fourth-order valence-electron chi connectivity index (χ4n) is 1.27. The van der Waals surface area contributed by atoms with E-state index in [1.165, 1.54) is 12.4 Å². The lowest BCUT2D eigenvalue weighted by Crippen LogP contribution is -2.08. The number of nitrogens with one attached hydrogen (secondary N) is 1. The second kappa shape index (κ2) is 4.89. The van der Waals surface area contributed by atoms with Gasteiger partial charge in [-0.1, -0.05) is 0 Å².